The summed E-state index contributed by atoms with van der Waals surface area (Å²) in [6.45, 7) is 0. The topological polar surface area (TPSA) is 115 Å². The molecule has 8 heteroatoms. The monoisotopic (exact) mass is 317 g/mol. The Balaban J connectivity index is 2.02. The van der Waals surface area contributed by atoms with Gasteiger partial charge >= 0.3 is 0 Å². The summed E-state index contributed by atoms with van der Waals surface area (Å²) in [6, 6.07) is 10.4. The van der Waals surface area contributed by atoms with Crippen molar-refractivity contribution in [2.24, 2.45) is 5.73 Å². The van der Waals surface area contributed by atoms with Crippen LogP contribution in [0.15, 0.2) is 58.2 Å². The molecule has 0 spiro atoms. The molecule has 1 amide bonds. The van der Waals surface area contributed by atoms with Gasteiger partial charge in [-0.3, -0.25) is 9.52 Å². The molecule has 3 aromatic rings. The Kier molecular flexibility index (Phi) is 3.30. The summed E-state index contributed by atoms with van der Waals surface area (Å²) in [5.41, 5.74) is 6.35. The van der Waals surface area contributed by atoms with Crippen LogP contribution in [0.3, 0.4) is 0 Å². The lowest BCUT2D eigenvalue weighted by molar-refractivity contribution is 0.100. The summed E-state index contributed by atoms with van der Waals surface area (Å²) < 4.78 is 32.3. The molecule has 0 atom stereocenters. The molecule has 0 radical (unpaired) electrons. The van der Waals surface area contributed by atoms with E-state index in [-0.39, 0.29) is 16.1 Å². The summed E-state index contributed by atoms with van der Waals surface area (Å²) in [5, 5.41) is 0. The van der Waals surface area contributed by atoms with E-state index in [1.165, 1.54) is 36.7 Å². The summed E-state index contributed by atoms with van der Waals surface area (Å²) in [5.74, 6) is -0.719. The van der Waals surface area contributed by atoms with Gasteiger partial charge in [0.15, 0.2) is 12.0 Å². The Bertz CT molecular complexity index is 963. The molecule has 112 valence electrons. The molecule has 0 saturated carbocycles. The third kappa shape index (κ3) is 2.51. The molecule has 0 saturated heterocycles. The fourth-order valence-electron chi connectivity index (χ4n) is 1.99. The van der Waals surface area contributed by atoms with Crippen molar-refractivity contribution in [1.29, 1.82) is 0 Å². The number of carbonyl (C=O) groups is 1. The molecular formula is C14H11N3O4S. The van der Waals surface area contributed by atoms with Crippen molar-refractivity contribution in [1.82, 2.24) is 4.98 Å². The zero-order chi connectivity index (χ0) is 15.7. The molecule has 1 aromatic heterocycles. The number of hydrogen-bond acceptors (Lipinski definition) is 5. The highest BCUT2D eigenvalue weighted by Crippen LogP contribution is 2.22. The molecule has 3 N–H and O–H groups in total. The predicted octanol–water partition coefficient (Wildman–Crippen LogP) is 1.73. The number of carbonyl (C=O) groups excluding carboxylic acids is 1. The lowest BCUT2D eigenvalue weighted by Gasteiger charge is -2.10. The second-order valence-corrected chi connectivity index (χ2v) is 6.18. The molecule has 2 aromatic carbocycles. The van der Waals surface area contributed by atoms with Gasteiger partial charge in [0.1, 0.15) is 5.52 Å². The van der Waals surface area contributed by atoms with Crippen molar-refractivity contribution in [3.8, 4) is 0 Å². The van der Waals surface area contributed by atoms with E-state index in [0.717, 1.165) is 0 Å². The predicted molar refractivity (Wildman–Crippen MR) is 79.8 cm³/mol. The highest BCUT2D eigenvalue weighted by atomic mass is 32.2. The molecule has 0 aliphatic carbocycles. The van der Waals surface area contributed by atoms with E-state index in [2.05, 4.69) is 9.71 Å². The molecular weight excluding hydrogens is 306 g/mol. The van der Waals surface area contributed by atoms with Crippen LogP contribution in [0.1, 0.15) is 10.4 Å². The van der Waals surface area contributed by atoms with Crippen LogP contribution < -0.4 is 10.5 Å². The smallest absolute Gasteiger partial charge is 0.262 e. The standard InChI is InChI=1S/C14H11N3O4S/c15-14(18)10-3-1-2-4-11(10)17-22(19,20)9-5-6-12-13(7-9)21-8-16-12/h1-8,17H,(H2,15,18). The van der Waals surface area contributed by atoms with Gasteiger partial charge in [0.2, 0.25) is 0 Å². The second kappa shape index (κ2) is 5.15. The van der Waals surface area contributed by atoms with Crippen LogP contribution in [0.5, 0.6) is 0 Å². The van der Waals surface area contributed by atoms with Crippen molar-refractivity contribution >= 4 is 32.7 Å². The summed E-state index contributed by atoms with van der Waals surface area (Å²) in [4.78, 5) is 15.3. The molecule has 22 heavy (non-hydrogen) atoms. The van der Waals surface area contributed by atoms with Crippen LogP contribution in [-0.4, -0.2) is 19.3 Å². The molecule has 3 rings (SSSR count). The maximum atomic E-state index is 12.4. The number of amides is 1. The molecule has 1 heterocycles. The molecule has 0 bridgehead atoms. The zero-order valence-electron chi connectivity index (χ0n) is 11.2. The molecule has 0 fully saturated rings. The summed E-state index contributed by atoms with van der Waals surface area (Å²) >= 11 is 0. The number of fused-ring (bicyclic) bond motifs is 1. The van der Waals surface area contributed by atoms with Gasteiger partial charge < -0.3 is 10.2 Å². The number of para-hydroxylation sites is 1. The molecule has 7 nitrogen and oxygen atoms in total. The number of nitrogens with one attached hydrogen (secondary N) is 1. The maximum absolute atomic E-state index is 12.4. The first kappa shape index (κ1) is 14.1. The quantitative estimate of drug-likeness (QED) is 0.760. The maximum Gasteiger partial charge on any atom is 0.262 e. The van der Waals surface area contributed by atoms with Crippen LogP contribution in [0.4, 0.5) is 5.69 Å². The van der Waals surface area contributed by atoms with Gasteiger partial charge in [0.25, 0.3) is 15.9 Å². The Morgan fingerprint density at radius 3 is 2.73 bits per heavy atom. The minimum Gasteiger partial charge on any atom is -0.443 e. The van der Waals surface area contributed by atoms with Gasteiger partial charge in [-0.05, 0) is 24.3 Å². The largest absolute Gasteiger partial charge is 0.443 e. The van der Waals surface area contributed by atoms with Gasteiger partial charge in [-0.2, -0.15) is 0 Å². The van der Waals surface area contributed by atoms with E-state index in [0.29, 0.717) is 11.1 Å². The molecule has 0 aliphatic heterocycles. The van der Waals surface area contributed by atoms with Gasteiger partial charge in [-0.15, -0.1) is 0 Å². The summed E-state index contributed by atoms with van der Waals surface area (Å²) in [7, 11) is -3.88. The number of sulfonamides is 1. The van der Waals surface area contributed by atoms with E-state index in [1.807, 2.05) is 0 Å². The van der Waals surface area contributed by atoms with E-state index in [9.17, 15) is 13.2 Å². The minimum atomic E-state index is -3.88. The third-order valence-electron chi connectivity index (χ3n) is 3.05. The number of oxazole rings is 1. The molecule has 0 aliphatic rings. The highest BCUT2D eigenvalue weighted by molar-refractivity contribution is 7.92. The van der Waals surface area contributed by atoms with Crippen molar-refractivity contribution in [3.05, 3.63) is 54.4 Å². The number of aromatic nitrogens is 1. The van der Waals surface area contributed by atoms with Crippen LogP contribution >= 0.6 is 0 Å². The van der Waals surface area contributed by atoms with E-state index >= 15 is 0 Å². The lowest BCUT2D eigenvalue weighted by atomic mass is 10.2. The third-order valence-corrected chi connectivity index (χ3v) is 4.41. The Hall–Kier alpha value is -2.87. The lowest BCUT2D eigenvalue weighted by Crippen LogP contribution is -2.18. The van der Waals surface area contributed by atoms with Crippen LogP contribution in [-0.2, 0) is 10.0 Å². The van der Waals surface area contributed by atoms with Crippen molar-refractivity contribution in [2.75, 3.05) is 4.72 Å². The van der Waals surface area contributed by atoms with E-state index < -0.39 is 15.9 Å². The van der Waals surface area contributed by atoms with Crippen LogP contribution in [0.25, 0.3) is 11.1 Å². The minimum absolute atomic E-state index is 0.00368. The zero-order valence-corrected chi connectivity index (χ0v) is 12.0. The van der Waals surface area contributed by atoms with Gasteiger partial charge in [-0.1, -0.05) is 12.1 Å². The van der Waals surface area contributed by atoms with E-state index in [4.69, 9.17) is 10.2 Å². The number of rotatable bonds is 4. The number of hydrogen-bond donors (Lipinski definition) is 2. The SMILES string of the molecule is NC(=O)c1ccccc1NS(=O)(=O)c1ccc2ncoc2c1. The second-order valence-electron chi connectivity index (χ2n) is 4.50. The fourth-order valence-corrected chi connectivity index (χ4v) is 3.09. The summed E-state index contributed by atoms with van der Waals surface area (Å²) in [6.07, 6.45) is 1.23. The average molecular weight is 317 g/mol. The Morgan fingerprint density at radius 1 is 1.18 bits per heavy atom. The van der Waals surface area contributed by atoms with Crippen molar-refractivity contribution in [2.45, 2.75) is 4.90 Å². The van der Waals surface area contributed by atoms with Crippen LogP contribution in [0, 0.1) is 0 Å². The average Bonchev–Trinajstić information content (AvgIpc) is 2.94. The number of nitrogens with zero attached hydrogens (tertiary/aromatic N) is 1. The fraction of sp³-hybridized carbons (Fsp3) is 0. The normalized spacial score (nSPS) is 11.5. The van der Waals surface area contributed by atoms with Crippen LogP contribution in [0.2, 0.25) is 0 Å². The number of primary amides is 1. The number of benzene rings is 2. The Labute approximate surface area is 125 Å². The number of anilines is 1. The van der Waals surface area contributed by atoms with Gasteiger partial charge in [0, 0.05) is 6.07 Å². The number of nitrogens with two attached hydrogens (primary N) is 1. The first-order chi connectivity index (χ1) is 10.5. The highest BCUT2D eigenvalue weighted by Gasteiger charge is 2.18. The van der Waals surface area contributed by atoms with E-state index in [1.54, 1.807) is 12.1 Å². The first-order valence-corrected chi connectivity index (χ1v) is 7.70. The molecule has 0 unspecified atom stereocenters. The van der Waals surface area contributed by atoms with Gasteiger partial charge in [-0.25, -0.2) is 13.4 Å². The Morgan fingerprint density at radius 2 is 1.95 bits per heavy atom. The van der Waals surface area contributed by atoms with Gasteiger partial charge in [0.05, 0.1) is 16.1 Å². The van der Waals surface area contributed by atoms with Crippen molar-refractivity contribution < 1.29 is 17.6 Å². The van der Waals surface area contributed by atoms with Crippen molar-refractivity contribution in [3.63, 3.8) is 0 Å². The first-order valence-electron chi connectivity index (χ1n) is 6.22.